The zero-order valence-electron chi connectivity index (χ0n) is 6.19. The molecule has 1 radical (unpaired) electrons. The first kappa shape index (κ1) is 8.48. The molecule has 51 valence electrons. The topological polar surface area (TPSA) is 0 Å². The predicted octanol–water partition coefficient (Wildman–Crippen LogP) is 3.11. The van der Waals surface area contributed by atoms with Gasteiger partial charge in [-0.05, 0) is 18.9 Å². The van der Waals surface area contributed by atoms with E-state index in [1.165, 1.54) is 19.3 Å². The molecule has 0 rings (SSSR count). The summed E-state index contributed by atoms with van der Waals surface area (Å²) in [7, 11) is 0. The van der Waals surface area contributed by atoms with Crippen molar-refractivity contribution in [1.82, 2.24) is 0 Å². The number of hydrogen-bond acceptors (Lipinski definition) is 0. The summed E-state index contributed by atoms with van der Waals surface area (Å²) in [6.45, 7) is 5.75. The number of hydrogen-bond donors (Lipinski definition) is 0. The zero-order valence-corrected chi connectivity index (χ0v) is 6.19. The van der Waals surface area contributed by atoms with Gasteiger partial charge in [0, 0.05) is 0 Å². The molecule has 0 saturated carbocycles. The molecule has 0 bridgehead atoms. The van der Waals surface area contributed by atoms with Crippen molar-refractivity contribution < 1.29 is 0 Å². The average Bonchev–Trinajstić information content (AvgIpc) is 1.89. The Balaban J connectivity index is 2.90. The van der Waals surface area contributed by atoms with Crippen LogP contribution in [0.4, 0.5) is 0 Å². The fourth-order valence-electron chi connectivity index (χ4n) is 0.663. The van der Waals surface area contributed by atoms with Gasteiger partial charge in [-0.25, -0.2) is 0 Å². The van der Waals surface area contributed by atoms with Crippen LogP contribution in [0, 0.1) is 6.08 Å². The van der Waals surface area contributed by atoms with Crippen LogP contribution in [0.3, 0.4) is 0 Å². The van der Waals surface area contributed by atoms with Crippen molar-refractivity contribution in [2.24, 2.45) is 0 Å². The van der Waals surface area contributed by atoms with Crippen molar-refractivity contribution in [3.63, 3.8) is 0 Å². The average molecular weight is 123 g/mol. The first-order chi connectivity index (χ1) is 4.41. The lowest BCUT2D eigenvalue weighted by atomic mass is 10.2. The van der Waals surface area contributed by atoms with Crippen LogP contribution < -0.4 is 0 Å². The van der Waals surface area contributed by atoms with Crippen LogP contribution in [0.1, 0.15) is 32.6 Å². The third-order valence-electron chi connectivity index (χ3n) is 1.19. The van der Waals surface area contributed by atoms with Gasteiger partial charge in [0.2, 0.25) is 0 Å². The number of rotatable bonds is 5. The molecule has 0 unspecified atom stereocenters. The summed E-state index contributed by atoms with van der Waals surface area (Å²) in [6, 6.07) is 0. The van der Waals surface area contributed by atoms with Crippen molar-refractivity contribution in [2.75, 3.05) is 0 Å². The van der Waals surface area contributed by atoms with Crippen LogP contribution >= 0.6 is 0 Å². The van der Waals surface area contributed by atoms with E-state index in [0.717, 1.165) is 6.42 Å². The van der Waals surface area contributed by atoms with Gasteiger partial charge >= 0.3 is 0 Å². The Bertz CT molecular complexity index is 80.0. The zero-order chi connectivity index (χ0) is 6.95. The lowest BCUT2D eigenvalue weighted by Crippen LogP contribution is -1.69. The van der Waals surface area contributed by atoms with Crippen molar-refractivity contribution >= 4 is 0 Å². The molecular formula is C9H15. The van der Waals surface area contributed by atoms with Gasteiger partial charge < -0.3 is 0 Å². The maximum atomic E-state index is 3.54. The second kappa shape index (κ2) is 7.48. The quantitative estimate of drug-likeness (QED) is 0.389. The molecule has 0 N–H and O–H groups in total. The lowest BCUT2D eigenvalue weighted by molar-refractivity contribution is 0.729. The molecule has 0 aliphatic rings. The summed E-state index contributed by atoms with van der Waals surface area (Å²) in [5.74, 6) is 0. The van der Waals surface area contributed by atoms with E-state index in [-0.39, 0.29) is 0 Å². The second-order valence-electron chi connectivity index (χ2n) is 2.07. The van der Waals surface area contributed by atoms with Crippen molar-refractivity contribution in [2.45, 2.75) is 32.6 Å². The molecule has 0 aromatic rings. The Labute approximate surface area is 58.3 Å². The minimum Gasteiger partial charge on any atom is -0.0985 e. The summed E-state index contributed by atoms with van der Waals surface area (Å²) in [5.41, 5.74) is 0. The molecular weight excluding hydrogens is 108 g/mol. The lowest BCUT2D eigenvalue weighted by Gasteiger charge is -1.88. The minimum absolute atomic E-state index is 1.15. The first-order valence-corrected chi connectivity index (χ1v) is 3.60. The van der Waals surface area contributed by atoms with Crippen LogP contribution in [0.2, 0.25) is 0 Å². The maximum absolute atomic E-state index is 3.54. The molecule has 0 heterocycles. The van der Waals surface area contributed by atoms with Crippen LogP contribution in [0.5, 0.6) is 0 Å². The van der Waals surface area contributed by atoms with Gasteiger partial charge in [0.25, 0.3) is 0 Å². The molecule has 0 heteroatoms. The highest BCUT2D eigenvalue weighted by atomic mass is 13.8. The highest BCUT2D eigenvalue weighted by Crippen LogP contribution is 1.98. The predicted molar refractivity (Wildman–Crippen MR) is 42.2 cm³/mol. The van der Waals surface area contributed by atoms with E-state index in [9.17, 15) is 0 Å². The van der Waals surface area contributed by atoms with E-state index in [4.69, 9.17) is 0 Å². The van der Waals surface area contributed by atoms with Crippen LogP contribution in [-0.2, 0) is 0 Å². The fourth-order valence-corrected chi connectivity index (χ4v) is 0.663. The Morgan fingerprint density at radius 2 is 2.22 bits per heavy atom. The first-order valence-electron chi connectivity index (χ1n) is 3.60. The second-order valence-corrected chi connectivity index (χ2v) is 2.07. The van der Waals surface area contributed by atoms with E-state index >= 15 is 0 Å². The standard InChI is InChI=1S/C9H15/c1-3-5-7-9-8-6-4-2/h3,7H,1,4,6,8-9H2,2H3. The molecule has 0 amide bonds. The number of allylic oxidation sites excluding steroid dienone is 3. The van der Waals surface area contributed by atoms with E-state index < -0.39 is 0 Å². The smallest absolute Gasteiger partial charge is 0.0233 e. The van der Waals surface area contributed by atoms with Crippen molar-refractivity contribution in [3.8, 4) is 0 Å². The molecule has 0 atom stereocenters. The van der Waals surface area contributed by atoms with Crippen LogP contribution in [0.15, 0.2) is 18.7 Å². The minimum atomic E-state index is 1.15. The van der Waals surface area contributed by atoms with Crippen molar-refractivity contribution in [1.29, 1.82) is 0 Å². The largest absolute Gasteiger partial charge is 0.0985 e. The Hall–Kier alpha value is -0.520. The van der Waals surface area contributed by atoms with E-state index in [2.05, 4.69) is 19.6 Å². The summed E-state index contributed by atoms with van der Waals surface area (Å²) < 4.78 is 0. The summed E-state index contributed by atoms with van der Waals surface area (Å²) in [6.07, 6.45) is 11.8. The highest BCUT2D eigenvalue weighted by Gasteiger charge is 1.79. The van der Waals surface area contributed by atoms with Gasteiger partial charge in [0.15, 0.2) is 0 Å². The molecule has 0 aliphatic carbocycles. The molecule has 0 fully saturated rings. The highest BCUT2D eigenvalue weighted by molar-refractivity contribution is 4.87. The molecule has 0 saturated heterocycles. The Kier molecular flexibility index (Phi) is 7.05. The van der Waals surface area contributed by atoms with E-state index in [0.29, 0.717) is 0 Å². The molecule has 0 spiro atoms. The molecule has 0 nitrogen and oxygen atoms in total. The summed E-state index contributed by atoms with van der Waals surface area (Å²) in [4.78, 5) is 0. The maximum Gasteiger partial charge on any atom is -0.0233 e. The fraction of sp³-hybridized carbons (Fsp3) is 0.556. The molecule has 0 aromatic heterocycles. The third-order valence-corrected chi connectivity index (χ3v) is 1.19. The number of unbranched alkanes of at least 4 members (excludes halogenated alkanes) is 3. The van der Waals surface area contributed by atoms with Crippen LogP contribution in [0.25, 0.3) is 0 Å². The molecule has 0 aromatic carbocycles. The van der Waals surface area contributed by atoms with Gasteiger partial charge in [-0.3, -0.25) is 0 Å². The van der Waals surface area contributed by atoms with E-state index in [1.807, 2.05) is 6.08 Å². The van der Waals surface area contributed by atoms with Gasteiger partial charge in [-0.1, -0.05) is 38.5 Å². The summed E-state index contributed by atoms with van der Waals surface area (Å²) >= 11 is 0. The molecule has 9 heavy (non-hydrogen) atoms. The van der Waals surface area contributed by atoms with Gasteiger partial charge in [0.1, 0.15) is 0 Å². The van der Waals surface area contributed by atoms with Gasteiger partial charge in [0.05, 0.1) is 0 Å². The SMILES string of the molecule is C=C/[C]=C/CCCCC. The summed E-state index contributed by atoms with van der Waals surface area (Å²) in [5, 5.41) is 0. The Morgan fingerprint density at radius 3 is 2.78 bits per heavy atom. The molecule has 0 aliphatic heterocycles. The Morgan fingerprint density at radius 1 is 1.44 bits per heavy atom. The van der Waals surface area contributed by atoms with E-state index in [1.54, 1.807) is 6.08 Å². The van der Waals surface area contributed by atoms with Crippen LogP contribution in [-0.4, -0.2) is 0 Å². The normalized spacial score (nSPS) is 10.3. The third kappa shape index (κ3) is 7.48. The monoisotopic (exact) mass is 123 g/mol. The van der Waals surface area contributed by atoms with Crippen molar-refractivity contribution in [3.05, 3.63) is 24.8 Å². The van der Waals surface area contributed by atoms with Gasteiger partial charge in [-0.2, -0.15) is 0 Å². The van der Waals surface area contributed by atoms with Gasteiger partial charge in [-0.15, -0.1) is 0 Å².